The lowest BCUT2D eigenvalue weighted by atomic mass is 10.1. The van der Waals surface area contributed by atoms with Crippen LogP contribution in [0.4, 0.5) is 4.39 Å². The lowest BCUT2D eigenvalue weighted by molar-refractivity contribution is 0.123. The van der Waals surface area contributed by atoms with Gasteiger partial charge in [0, 0.05) is 13.1 Å². The molecule has 0 heterocycles. The number of halogens is 1. The molecule has 1 atom stereocenters. The standard InChI is InChI=1S/C17H20FNO2/c1-19(11-13-6-8-15(18)9-7-13)12-17(20)14-4-3-5-16(10-14)21-2/h3-10,17,20H,11-12H2,1-2H3. The van der Waals surface area contributed by atoms with Crippen molar-refractivity contribution in [3.63, 3.8) is 0 Å². The topological polar surface area (TPSA) is 32.7 Å². The molecule has 21 heavy (non-hydrogen) atoms. The maximum Gasteiger partial charge on any atom is 0.123 e. The summed E-state index contributed by atoms with van der Waals surface area (Å²) in [6, 6.07) is 13.8. The van der Waals surface area contributed by atoms with Gasteiger partial charge < -0.3 is 9.84 Å². The number of methoxy groups -OCH3 is 1. The number of ether oxygens (including phenoxy) is 1. The number of aliphatic hydroxyl groups excluding tert-OH is 1. The first-order valence-electron chi connectivity index (χ1n) is 6.83. The van der Waals surface area contributed by atoms with E-state index in [1.165, 1.54) is 12.1 Å². The van der Waals surface area contributed by atoms with E-state index in [0.717, 1.165) is 16.9 Å². The summed E-state index contributed by atoms with van der Waals surface area (Å²) in [7, 11) is 3.53. The van der Waals surface area contributed by atoms with Crippen molar-refractivity contribution in [2.24, 2.45) is 0 Å². The minimum Gasteiger partial charge on any atom is -0.497 e. The second-order valence-electron chi connectivity index (χ2n) is 5.12. The van der Waals surface area contributed by atoms with E-state index in [1.807, 2.05) is 36.2 Å². The van der Waals surface area contributed by atoms with E-state index in [2.05, 4.69) is 0 Å². The molecule has 3 nitrogen and oxygen atoms in total. The summed E-state index contributed by atoms with van der Waals surface area (Å²) < 4.78 is 18.0. The molecular formula is C17H20FNO2. The Bertz CT molecular complexity index is 571. The van der Waals surface area contributed by atoms with Gasteiger partial charge in [-0.2, -0.15) is 0 Å². The molecule has 2 aromatic carbocycles. The molecule has 2 aromatic rings. The van der Waals surface area contributed by atoms with Crippen LogP contribution in [0.1, 0.15) is 17.2 Å². The molecule has 0 aromatic heterocycles. The molecule has 0 aliphatic carbocycles. The fourth-order valence-corrected chi connectivity index (χ4v) is 2.22. The maximum atomic E-state index is 12.9. The van der Waals surface area contributed by atoms with Crippen LogP contribution in [-0.2, 0) is 6.54 Å². The summed E-state index contributed by atoms with van der Waals surface area (Å²) in [5.74, 6) is 0.491. The van der Waals surface area contributed by atoms with Gasteiger partial charge in [0.05, 0.1) is 13.2 Å². The van der Waals surface area contributed by atoms with Gasteiger partial charge in [-0.15, -0.1) is 0 Å². The van der Waals surface area contributed by atoms with Crippen molar-refractivity contribution in [2.75, 3.05) is 20.7 Å². The molecular weight excluding hydrogens is 269 g/mol. The van der Waals surface area contributed by atoms with Gasteiger partial charge in [0.1, 0.15) is 11.6 Å². The van der Waals surface area contributed by atoms with Gasteiger partial charge in [-0.05, 0) is 42.4 Å². The largest absolute Gasteiger partial charge is 0.497 e. The molecule has 0 saturated carbocycles. The van der Waals surface area contributed by atoms with Crippen LogP contribution in [0.2, 0.25) is 0 Å². The number of rotatable bonds is 6. The Morgan fingerprint density at radius 3 is 2.57 bits per heavy atom. The van der Waals surface area contributed by atoms with Crippen LogP contribution in [0.15, 0.2) is 48.5 Å². The predicted octanol–water partition coefficient (Wildman–Crippen LogP) is 3.00. The minimum atomic E-state index is -0.592. The molecule has 0 radical (unpaired) electrons. The Morgan fingerprint density at radius 1 is 1.19 bits per heavy atom. The monoisotopic (exact) mass is 289 g/mol. The highest BCUT2D eigenvalue weighted by molar-refractivity contribution is 5.30. The first kappa shape index (κ1) is 15.5. The SMILES string of the molecule is COc1cccc(C(O)CN(C)Cc2ccc(F)cc2)c1. The quantitative estimate of drug-likeness (QED) is 0.887. The van der Waals surface area contributed by atoms with E-state index in [4.69, 9.17) is 4.74 Å². The summed E-state index contributed by atoms with van der Waals surface area (Å²) in [5, 5.41) is 10.3. The average molecular weight is 289 g/mol. The van der Waals surface area contributed by atoms with Crippen LogP contribution in [0.3, 0.4) is 0 Å². The Labute approximate surface area is 124 Å². The van der Waals surface area contributed by atoms with E-state index >= 15 is 0 Å². The Hall–Kier alpha value is -1.91. The third-order valence-corrected chi connectivity index (χ3v) is 3.33. The smallest absolute Gasteiger partial charge is 0.123 e. The molecule has 0 fully saturated rings. The van der Waals surface area contributed by atoms with Crippen molar-refractivity contribution in [3.05, 3.63) is 65.5 Å². The predicted molar refractivity (Wildman–Crippen MR) is 80.7 cm³/mol. The Morgan fingerprint density at radius 2 is 1.90 bits per heavy atom. The first-order valence-corrected chi connectivity index (χ1v) is 6.83. The highest BCUT2D eigenvalue weighted by atomic mass is 19.1. The Balaban J connectivity index is 1.94. The molecule has 4 heteroatoms. The summed E-state index contributed by atoms with van der Waals surface area (Å²) in [4.78, 5) is 2.00. The lowest BCUT2D eigenvalue weighted by Crippen LogP contribution is -2.24. The maximum absolute atomic E-state index is 12.9. The lowest BCUT2D eigenvalue weighted by Gasteiger charge is -2.21. The number of benzene rings is 2. The first-order chi connectivity index (χ1) is 10.1. The third kappa shape index (κ3) is 4.55. The van der Waals surface area contributed by atoms with Gasteiger partial charge in [-0.3, -0.25) is 4.90 Å². The van der Waals surface area contributed by atoms with E-state index < -0.39 is 6.10 Å². The number of likely N-dealkylation sites (N-methyl/N-ethyl adjacent to an activating group) is 1. The van der Waals surface area contributed by atoms with Crippen LogP contribution in [0, 0.1) is 5.82 Å². The number of aliphatic hydroxyl groups is 1. The van der Waals surface area contributed by atoms with Crippen LogP contribution >= 0.6 is 0 Å². The Kier molecular flexibility index (Phi) is 5.31. The third-order valence-electron chi connectivity index (χ3n) is 3.33. The number of hydrogen-bond acceptors (Lipinski definition) is 3. The average Bonchev–Trinajstić information content (AvgIpc) is 2.49. The highest BCUT2D eigenvalue weighted by Crippen LogP contribution is 2.20. The zero-order chi connectivity index (χ0) is 15.2. The molecule has 0 aliphatic rings. The van der Waals surface area contributed by atoms with Gasteiger partial charge in [0.2, 0.25) is 0 Å². The summed E-state index contributed by atoms with van der Waals surface area (Å²) in [5.41, 5.74) is 1.83. The van der Waals surface area contributed by atoms with E-state index in [1.54, 1.807) is 19.2 Å². The van der Waals surface area contributed by atoms with E-state index in [0.29, 0.717) is 13.1 Å². The van der Waals surface area contributed by atoms with Crippen molar-refractivity contribution in [2.45, 2.75) is 12.6 Å². The fraction of sp³-hybridized carbons (Fsp3) is 0.294. The van der Waals surface area contributed by atoms with Crippen LogP contribution in [0.25, 0.3) is 0 Å². The summed E-state index contributed by atoms with van der Waals surface area (Å²) in [6.07, 6.45) is -0.592. The number of nitrogens with zero attached hydrogens (tertiary/aromatic N) is 1. The fourth-order valence-electron chi connectivity index (χ4n) is 2.22. The zero-order valence-corrected chi connectivity index (χ0v) is 12.3. The molecule has 112 valence electrons. The van der Waals surface area contributed by atoms with Gasteiger partial charge in [-0.1, -0.05) is 24.3 Å². The van der Waals surface area contributed by atoms with Crippen molar-refractivity contribution >= 4 is 0 Å². The normalized spacial score (nSPS) is 12.4. The molecule has 1 unspecified atom stereocenters. The van der Waals surface area contributed by atoms with Gasteiger partial charge in [0.25, 0.3) is 0 Å². The van der Waals surface area contributed by atoms with Crippen molar-refractivity contribution in [3.8, 4) is 5.75 Å². The van der Waals surface area contributed by atoms with Gasteiger partial charge >= 0.3 is 0 Å². The van der Waals surface area contributed by atoms with Crippen molar-refractivity contribution in [1.82, 2.24) is 4.90 Å². The molecule has 0 spiro atoms. The van der Waals surface area contributed by atoms with E-state index in [-0.39, 0.29) is 5.82 Å². The molecule has 0 aliphatic heterocycles. The molecule has 1 N–H and O–H groups in total. The van der Waals surface area contributed by atoms with Crippen LogP contribution in [0.5, 0.6) is 5.75 Å². The zero-order valence-electron chi connectivity index (χ0n) is 12.3. The van der Waals surface area contributed by atoms with Crippen LogP contribution < -0.4 is 4.74 Å². The molecule has 0 saturated heterocycles. The molecule has 0 amide bonds. The summed E-state index contributed by atoms with van der Waals surface area (Å²) in [6.45, 7) is 1.14. The van der Waals surface area contributed by atoms with E-state index in [9.17, 15) is 9.50 Å². The molecule has 2 rings (SSSR count). The number of hydrogen-bond donors (Lipinski definition) is 1. The summed E-state index contributed by atoms with van der Waals surface area (Å²) >= 11 is 0. The highest BCUT2D eigenvalue weighted by Gasteiger charge is 2.12. The van der Waals surface area contributed by atoms with Gasteiger partial charge in [0.15, 0.2) is 0 Å². The van der Waals surface area contributed by atoms with Crippen molar-refractivity contribution in [1.29, 1.82) is 0 Å². The second-order valence-corrected chi connectivity index (χ2v) is 5.12. The van der Waals surface area contributed by atoms with Crippen LogP contribution in [-0.4, -0.2) is 30.7 Å². The second kappa shape index (κ2) is 7.20. The van der Waals surface area contributed by atoms with Crippen molar-refractivity contribution < 1.29 is 14.2 Å². The minimum absolute atomic E-state index is 0.238. The van der Waals surface area contributed by atoms with Gasteiger partial charge in [-0.25, -0.2) is 4.39 Å². The molecule has 0 bridgehead atoms.